The Kier molecular flexibility index (Phi) is 5.81. The molecule has 1 rings (SSSR count). The number of hydrazine groups is 1. The number of amides is 2. The van der Waals surface area contributed by atoms with Crippen molar-refractivity contribution < 1.29 is 14.7 Å². The van der Waals surface area contributed by atoms with E-state index in [0.717, 1.165) is 0 Å². The molecule has 0 aliphatic heterocycles. The zero-order valence-electron chi connectivity index (χ0n) is 11.1. The van der Waals surface area contributed by atoms with Gasteiger partial charge in [-0.15, -0.1) is 0 Å². The number of nitrogens with zero attached hydrogens (tertiary/aromatic N) is 2. The molecule has 0 saturated heterocycles. The number of benzene rings is 1. The van der Waals surface area contributed by atoms with Crippen LogP contribution < -0.4 is 10.4 Å². The van der Waals surface area contributed by atoms with Crippen molar-refractivity contribution >= 4 is 17.7 Å². The summed E-state index contributed by atoms with van der Waals surface area (Å²) < 4.78 is 0. The molecule has 0 fully saturated rings. The van der Waals surface area contributed by atoms with Gasteiger partial charge in [-0.3, -0.25) is 5.01 Å². The molecule has 19 heavy (non-hydrogen) atoms. The zero-order valence-corrected chi connectivity index (χ0v) is 11.1. The van der Waals surface area contributed by atoms with Gasteiger partial charge in [-0.1, -0.05) is 18.2 Å². The first-order valence-electron chi connectivity index (χ1n) is 6.01. The Morgan fingerprint density at radius 1 is 1.21 bits per heavy atom. The summed E-state index contributed by atoms with van der Waals surface area (Å²) in [6, 6.07) is 8.78. The lowest BCUT2D eigenvalue weighted by Crippen LogP contribution is -2.45. The molecule has 0 unspecified atom stereocenters. The Bertz CT molecular complexity index is 420. The fourth-order valence-corrected chi connectivity index (χ4v) is 1.57. The highest BCUT2D eigenvalue weighted by Crippen LogP contribution is 2.07. The summed E-state index contributed by atoms with van der Waals surface area (Å²) in [6.07, 6.45) is 0.283. The van der Waals surface area contributed by atoms with Crippen LogP contribution in [0.3, 0.4) is 0 Å². The van der Waals surface area contributed by atoms with Gasteiger partial charge in [-0.25, -0.2) is 9.80 Å². The molecule has 0 heterocycles. The first kappa shape index (κ1) is 15.0. The zero-order chi connectivity index (χ0) is 14.3. The summed E-state index contributed by atoms with van der Waals surface area (Å²) in [5.41, 5.74) is 0.694. The van der Waals surface area contributed by atoms with Crippen LogP contribution in [0.2, 0.25) is 0 Å². The van der Waals surface area contributed by atoms with E-state index in [0.29, 0.717) is 18.7 Å². The summed E-state index contributed by atoms with van der Waals surface area (Å²) in [5.74, 6) is -1.11. The summed E-state index contributed by atoms with van der Waals surface area (Å²) in [7, 11) is 3.45. The van der Waals surface area contributed by atoms with E-state index in [-0.39, 0.29) is 12.5 Å². The molecule has 0 atom stereocenters. The van der Waals surface area contributed by atoms with Crippen molar-refractivity contribution in [1.82, 2.24) is 10.0 Å². The fraction of sp³-hybridized carbons (Fsp3) is 0.385. The van der Waals surface area contributed by atoms with E-state index in [4.69, 9.17) is 0 Å². The Labute approximate surface area is 112 Å². The average molecular weight is 264 g/mol. The number of urea groups is 1. The lowest BCUT2D eigenvalue weighted by Gasteiger charge is -2.29. The minimum Gasteiger partial charge on any atom is -0.550 e. The molecule has 1 aromatic rings. The number of hydrogen-bond acceptors (Lipinski definition) is 4. The van der Waals surface area contributed by atoms with Crippen LogP contribution in [0.15, 0.2) is 30.3 Å². The molecule has 0 radical (unpaired) electrons. The Balaban J connectivity index is 2.55. The second-order valence-electron chi connectivity index (χ2n) is 4.24. The third-order valence-electron chi connectivity index (χ3n) is 2.49. The molecular weight excluding hydrogens is 246 g/mol. The molecule has 0 spiro atoms. The largest absolute Gasteiger partial charge is 0.550 e. The third-order valence-corrected chi connectivity index (χ3v) is 2.49. The highest BCUT2D eigenvalue weighted by atomic mass is 16.4. The maximum Gasteiger partial charge on any atom is 0.336 e. The number of carboxylic acid groups (broad SMARTS) is 1. The highest BCUT2D eigenvalue weighted by Gasteiger charge is 2.15. The number of nitrogens with one attached hydrogen (secondary N) is 1. The summed E-state index contributed by atoms with van der Waals surface area (Å²) in [4.78, 5) is 22.4. The van der Waals surface area contributed by atoms with E-state index >= 15 is 0 Å². The van der Waals surface area contributed by atoms with Crippen LogP contribution in [0.4, 0.5) is 10.5 Å². The van der Waals surface area contributed by atoms with Crippen molar-refractivity contribution in [3.8, 4) is 0 Å². The number of para-hydroxylation sites is 1. The maximum absolute atomic E-state index is 12.0. The van der Waals surface area contributed by atoms with Gasteiger partial charge in [0.15, 0.2) is 0 Å². The lowest BCUT2D eigenvalue weighted by molar-refractivity contribution is -0.305. The van der Waals surface area contributed by atoms with Crippen molar-refractivity contribution in [2.75, 3.05) is 26.0 Å². The van der Waals surface area contributed by atoms with Crippen LogP contribution in [0.25, 0.3) is 0 Å². The molecule has 0 aromatic heterocycles. The summed E-state index contributed by atoms with van der Waals surface area (Å²) in [6.45, 7) is 0.319. The molecule has 104 valence electrons. The van der Waals surface area contributed by atoms with Gasteiger partial charge < -0.3 is 15.2 Å². The number of carbonyl (C=O) groups excluding carboxylic acids is 2. The molecule has 6 nitrogen and oxygen atoms in total. The second kappa shape index (κ2) is 7.38. The van der Waals surface area contributed by atoms with Gasteiger partial charge in [0.2, 0.25) is 0 Å². The molecule has 2 amide bonds. The fourth-order valence-electron chi connectivity index (χ4n) is 1.57. The van der Waals surface area contributed by atoms with E-state index in [9.17, 15) is 14.7 Å². The Morgan fingerprint density at radius 2 is 1.84 bits per heavy atom. The van der Waals surface area contributed by atoms with Gasteiger partial charge in [-0.05, 0) is 25.0 Å². The summed E-state index contributed by atoms with van der Waals surface area (Å²) >= 11 is 0. The topological polar surface area (TPSA) is 75.7 Å². The van der Waals surface area contributed by atoms with Crippen molar-refractivity contribution in [3.63, 3.8) is 0 Å². The van der Waals surface area contributed by atoms with Crippen molar-refractivity contribution in [2.45, 2.75) is 12.8 Å². The molecular formula is C13H18N3O3-. The smallest absolute Gasteiger partial charge is 0.336 e. The van der Waals surface area contributed by atoms with Crippen LogP contribution >= 0.6 is 0 Å². The standard InChI is InChI=1S/C13H19N3O3/c1-15(2)16(10-6-9-12(17)18)13(19)14-11-7-4-3-5-8-11/h3-5,7-8H,6,9-10H2,1-2H3,(H,14,19)(H,17,18)/p-1. The second-order valence-corrected chi connectivity index (χ2v) is 4.24. The first-order valence-corrected chi connectivity index (χ1v) is 6.01. The normalized spacial score (nSPS) is 10.3. The SMILES string of the molecule is CN(C)N(CCCC(=O)[O-])C(=O)Nc1ccccc1. The molecule has 1 aromatic carbocycles. The minimum absolute atomic E-state index is 0.0665. The number of hydrogen-bond donors (Lipinski definition) is 1. The van der Waals surface area contributed by atoms with E-state index in [2.05, 4.69) is 5.32 Å². The summed E-state index contributed by atoms with van der Waals surface area (Å²) in [5, 5.41) is 16.2. The van der Waals surface area contributed by atoms with Gasteiger partial charge in [0.05, 0.1) is 0 Å². The van der Waals surface area contributed by atoms with Crippen LogP contribution in [-0.2, 0) is 4.79 Å². The monoisotopic (exact) mass is 264 g/mol. The number of carboxylic acids is 1. The van der Waals surface area contributed by atoms with Crippen molar-refractivity contribution in [1.29, 1.82) is 0 Å². The molecule has 0 aliphatic rings. The van der Waals surface area contributed by atoms with Crippen LogP contribution in [0.1, 0.15) is 12.8 Å². The quantitative estimate of drug-likeness (QED) is 0.760. The van der Waals surface area contributed by atoms with Gasteiger partial charge in [-0.2, -0.15) is 0 Å². The van der Waals surface area contributed by atoms with Crippen molar-refractivity contribution in [2.24, 2.45) is 0 Å². The maximum atomic E-state index is 12.0. The molecule has 0 saturated carbocycles. The van der Waals surface area contributed by atoms with Crippen LogP contribution in [0, 0.1) is 0 Å². The first-order chi connectivity index (χ1) is 9.00. The highest BCUT2D eigenvalue weighted by molar-refractivity contribution is 5.88. The van der Waals surface area contributed by atoms with Gasteiger partial charge in [0.25, 0.3) is 0 Å². The van der Waals surface area contributed by atoms with E-state index < -0.39 is 5.97 Å². The molecule has 0 bridgehead atoms. The molecule has 1 N–H and O–H groups in total. The average Bonchev–Trinajstić information content (AvgIpc) is 2.35. The molecule has 6 heteroatoms. The van der Waals surface area contributed by atoms with E-state index in [1.807, 2.05) is 18.2 Å². The van der Waals surface area contributed by atoms with Gasteiger partial charge >= 0.3 is 6.03 Å². The predicted octanol–water partition coefficient (Wildman–Crippen LogP) is 0.527. The predicted molar refractivity (Wildman–Crippen MR) is 70.1 cm³/mol. The minimum atomic E-state index is -1.11. The molecule has 0 aliphatic carbocycles. The number of rotatable bonds is 6. The van der Waals surface area contributed by atoms with Gasteiger partial charge in [0.1, 0.15) is 0 Å². The van der Waals surface area contributed by atoms with Crippen LogP contribution in [-0.4, -0.2) is 42.7 Å². The number of anilines is 1. The number of carbonyl (C=O) groups is 2. The Morgan fingerprint density at radius 3 is 2.37 bits per heavy atom. The van der Waals surface area contributed by atoms with Gasteiger partial charge in [0, 0.05) is 32.3 Å². The van der Waals surface area contributed by atoms with E-state index in [1.165, 1.54) is 5.01 Å². The van der Waals surface area contributed by atoms with Crippen molar-refractivity contribution in [3.05, 3.63) is 30.3 Å². The lowest BCUT2D eigenvalue weighted by atomic mass is 10.3. The Hall–Kier alpha value is -2.08. The third kappa shape index (κ3) is 5.39. The van der Waals surface area contributed by atoms with E-state index in [1.54, 1.807) is 31.2 Å². The van der Waals surface area contributed by atoms with Crippen LogP contribution in [0.5, 0.6) is 0 Å². The number of aliphatic carboxylic acids is 1.